The largest absolute Gasteiger partial charge is 0.490 e. The van der Waals surface area contributed by atoms with Crippen LogP contribution in [0, 0.1) is 13.8 Å². The molecule has 0 aliphatic heterocycles. The maximum atomic E-state index is 13.3. The van der Waals surface area contributed by atoms with E-state index in [4.69, 9.17) is 9.47 Å². The Morgan fingerprint density at radius 2 is 0.977 bits per heavy atom. The summed E-state index contributed by atoms with van der Waals surface area (Å²) in [6.45, 7) is 3.55. The van der Waals surface area contributed by atoms with Gasteiger partial charge in [-0.1, -0.05) is 47.5 Å². The van der Waals surface area contributed by atoms with Gasteiger partial charge in [0.25, 0.3) is 20.0 Å². The van der Waals surface area contributed by atoms with Crippen LogP contribution in [0.2, 0.25) is 0 Å². The van der Waals surface area contributed by atoms with Gasteiger partial charge in [0, 0.05) is 23.2 Å². The van der Waals surface area contributed by atoms with Crippen LogP contribution >= 0.6 is 0 Å². The lowest BCUT2D eigenvalue weighted by Gasteiger charge is -2.15. The SMILES string of the molecule is Cc1ccc(S(=O)(=O)n2ccc3c(OCC(O)COc4cccc5c4ccn5S(=O)(=O)c4ccc(C)cc4)cccc32)cc1. The number of hydrogen-bond acceptors (Lipinski definition) is 7. The number of benzene rings is 4. The first kappa shape index (κ1) is 29.5. The fourth-order valence-electron chi connectivity index (χ4n) is 4.97. The van der Waals surface area contributed by atoms with Gasteiger partial charge in [0.05, 0.1) is 20.8 Å². The maximum absolute atomic E-state index is 13.3. The summed E-state index contributed by atoms with van der Waals surface area (Å²) < 4.78 is 67.3. The van der Waals surface area contributed by atoms with Crippen LogP contribution in [-0.4, -0.2) is 49.2 Å². The monoisotopic (exact) mass is 630 g/mol. The van der Waals surface area contributed by atoms with Gasteiger partial charge in [-0.05, 0) is 74.5 Å². The minimum Gasteiger partial charge on any atom is -0.490 e. The number of aryl methyl sites for hydroxylation is 2. The Morgan fingerprint density at radius 3 is 1.36 bits per heavy atom. The Morgan fingerprint density at radius 1 is 0.591 bits per heavy atom. The van der Waals surface area contributed by atoms with Gasteiger partial charge in [0.15, 0.2) is 0 Å². The van der Waals surface area contributed by atoms with Crippen LogP contribution in [-0.2, 0) is 20.0 Å². The van der Waals surface area contributed by atoms with E-state index in [1.165, 1.54) is 20.3 Å². The molecule has 0 bridgehead atoms. The quantitative estimate of drug-likeness (QED) is 0.212. The van der Waals surface area contributed by atoms with Gasteiger partial charge in [-0.15, -0.1) is 0 Å². The lowest BCUT2D eigenvalue weighted by atomic mass is 10.2. The van der Waals surface area contributed by atoms with E-state index in [0.717, 1.165) is 11.1 Å². The molecule has 0 spiro atoms. The van der Waals surface area contributed by atoms with Gasteiger partial charge in [-0.2, -0.15) is 0 Å². The van der Waals surface area contributed by atoms with Crippen LogP contribution in [0.15, 0.2) is 119 Å². The van der Waals surface area contributed by atoms with E-state index in [1.807, 2.05) is 13.8 Å². The van der Waals surface area contributed by atoms with Crippen molar-refractivity contribution >= 4 is 41.9 Å². The Bertz CT molecular complexity index is 2030. The predicted octanol–water partition coefficient (Wildman–Crippen LogP) is 5.51. The molecule has 4 aromatic carbocycles. The molecule has 9 nitrogen and oxygen atoms in total. The Hall–Kier alpha value is -4.58. The number of rotatable bonds is 10. The number of fused-ring (bicyclic) bond motifs is 2. The van der Waals surface area contributed by atoms with Gasteiger partial charge < -0.3 is 14.6 Å². The maximum Gasteiger partial charge on any atom is 0.268 e. The van der Waals surface area contributed by atoms with Gasteiger partial charge >= 0.3 is 0 Å². The third-order valence-electron chi connectivity index (χ3n) is 7.33. The number of aromatic nitrogens is 2. The summed E-state index contributed by atoms with van der Waals surface area (Å²) in [5.41, 5.74) is 2.82. The second kappa shape index (κ2) is 11.5. The first-order chi connectivity index (χ1) is 21.1. The molecule has 6 aromatic rings. The van der Waals surface area contributed by atoms with Crippen molar-refractivity contribution < 1.29 is 31.4 Å². The lowest BCUT2D eigenvalue weighted by Crippen LogP contribution is -2.25. The van der Waals surface area contributed by atoms with Crippen molar-refractivity contribution in [2.24, 2.45) is 0 Å². The number of aliphatic hydroxyl groups excluding tert-OH is 1. The minimum absolute atomic E-state index is 0.117. The molecule has 0 aliphatic rings. The topological polar surface area (TPSA) is 117 Å². The standard InChI is InChI=1S/C33H30N2O7S2/c1-23-9-13-26(14-10-23)43(37,38)34-19-17-28-30(34)5-3-7-32(28)41-21-25(36)22-42-33-8-4-6-31-29(33)18-20-35(31)44(39,40)27-15-11-24(2)12-16-27/h3-20,25,36H,21-22H2,1-2H3. The van der Waals surface area contributed by atoms with Crippen molar-refractivity contribution in [2.75, 3.05) is 13.2 Å². The Labute approximate surface area is 255 Å². The highest BCUT2D eigenvalue weighted by Crippen LogP contribution is 2.31. The molecule has 0 amide bonds. The molecule has 0 aliphatic carbocycles. The zero-order valence-electron chi connectivity index (χ0n) is 24.0. The summed E-state index contributed by atoms with van der Waals surface area (Å²) in [5.74, 6) is 0.833. The number of hydrogen-bond donors (Lipinski definition) is 1. The normalized spacial score (nSPS) is 12.3. The Kier molecular flexibility index (Phi) is 7.70. The molecule has 0 atom stereocenters. The molecule has 11 heteroatoms. The Balaban J connectivity index is 1.15. The minimum atomic E-state index is -3.82. The predicted molar refractivity (Wildman–Crippen MR) is 168 cm³/mol. The summed E-state index contributed by atoms with van der Waals surface area (Å²) in [6.07, 6.45) is 1.94. The van der Waals surface area contributed by atoms with Gasteiger partial charge in [0.1, 0.15) is 30.8 Å². The molecular formula is C33H30N2O7S2. The van der Waals surface area contributed by atoms with Crippen LogP contribution in [0.1, 0.15) is 11.1 Å². The van der Waals surface area contributed by atoms with E-state index in [2.05, 4.69) is 0 Å². The van der Waals surface area contributed by atoms with Crippen LogP contribution in [0.4, 0.5) is 0 Å². The highest BCUT2D eigenvalue weighted by molar-refractivity contribution is 7.90. The smallest absolute Gasteiger partial charge is 0.268 e. The van der Waals surface area contributed by atoms with Gasteiger partial charge in [0.2, 0.25) is 0 Å². The second-order valence-corrected chi connectivity index (χ2v) is 14.1. The summed E-state index contributed by atoms with van der Waals surface area (Å²) in [7, 11) is -7.63. The average molecular weight is 631 g/mol. The molecule has 226 valence electrons. The molecule has 6 rings (SSSR count). The number of ether oxygens (including phenoxy) is 2. The second-order valence-electron chi connectivity index (χ2n) is 10.5. The van der Waals surface area contributed by atoms with Crippen molar-refractivity contribution in [1.29, 1.82) is 0 Å². The highest BCUT2D eigenvalue weighted by atomic mass is 32.2. The summed E-state index contributed by atoms with van der Waals surface area (Å²) >= 11 is 0. The zero-order valence-corrected chi connectivity index (χ0v) is 25.6. The zero-order chi connectivity index (χ0) is 31.1. The van der Waals surface area contributed by atoms with Crippen LogP contribution in [0.3, 0.4) is 0 Å². The molecule has 0 fully saturated rings. The van der Waals surface area contributed by atoms with Crippen LogP contribution in [0.5, 0.6) is 11.5 Å². The average Bonchev–Trinajstić information content (AvgIpc) is 3.66. The summed E-state index contributed by atoms with van der Waals surface area (Å²) in [6, 6.07) is 26.8. The van der Waals surface area contributed by atoms with E-state index in [1.54, 1.807) is 97.1 Å². The third-order valence-corrected chi connectivity index (χ3v) is 10.7. The molecular weight excluding hydrogens is 601 g/mol. The van der Waals surface area contributed by atoms with E-state index in [-0.39, 0.29) is 23.0 Å². The number of aliphatic hydroxyl groups is 1. The molecule has 0 saturated heterocycles. The summed E-state index contributed by atoms with van der Waals surface area (Å²) in [4.78, 5) is 0.357. The van der Waals surface area contributed by atoms with Crippen molar-refractivity contribution in [1.82, 2.24) is 7.94 Å². The van der Waals surface area contributed by atoms with E-state index in [9.17, 15) is 21.9 Å². The van der Waals surface area contributed by atoms with E-state index < -0.39 is 26.2 Å². The van der Waals surface area contributed by atoms with Crippen molar-refractivity contribution in [3.63, 3.8) is 0 Å². The first-order valence-electron chi connectivity index (χ1n) is 13.8. The van der Waals surface area contributed by atoms with Crippen LogP contribution in [0.25, 0.3) is 21.8 Å². The van der Waals surface area contributed by atoms with Crippen LogP contribution < -0.4 is 9.47 Å². The van der Waals surface area contributed by atoms with Crippen molar-refractivity contribution in [3.8, 4) is 11.5 Å². The fraction of sp³-hybridized carbons (Fsp3) is 0.152. The molecule has 0 unspecified atom stereocenters. The van der Waals surface area contributed by atoms with Crippen molar-refractivity contribution in [3.05, 3.63) is 121 Å². The highest BCUT2D eigenvalue weighted by Gasteiger charge is 2.22. The van der Waals surface area contributed by atoms with E-state index >= 15 is 0 Å². The molecule has 0 radical (unpaired) electrons. The lowest BCUT2D eigenvalue weighted by molar-refractivity contribution is 0.0637. The molecule has 2 heterocycles. The van der Waals surface area contributed by atoms with Gasteiger partial charge in [-0.25, -0.2) is 24.8 Å². The molecule has 0 saturated carbocycles. The van der Waals surface area contributed by atoms with Crippen molar-refractivity contribution in [2.45, 2.75) is 29.7 Å². The molecule has 1 N–H and O–H groups in total. The first-order valence-corrected chi connectivity index (χ1v) is 16.7. The molecule has 2 aromatic heterocycles. The van der Waals surface area contributed by atoms with E-state index in [0.29, 0.717) is 33.3 Å². The number of nitrogens with zero attached hydrogens (tertiary/aromatic N) is 2. The third kappa shape index (κ3) is 5.45. The van der Waals surface area contributed by atoms with Gasteiger partial charge in [-0.3, -0.25) is 0 Å². The fourth-order valence-corrected chi connectivity index (χ4v) is 7.66. The summed E-state index contributed by atoms with van der Waals surface area (Å²) in [5, 5.41) is 11.8. The molecule has 44 heavy (non-hydrogen) atoms.